The molecule has 0 unspecified atom stereocenters. The Hall–Kier alpha value is -2.34. The van der Waals surface area contributed by atoms with Gasteiger partial charge in [-0.3, -0.25) is 4.84 Å². The summed E-state index contributed by atoms with van der Waals surface area (Å²) < 4.78 is 1.78. The van der Waals surface area contributed by atoms with E-state index in [4.69, 9.17) is 0 Å². The molecule has 1 heterocycles. The number of benzene rings is 1. The Balaban J connectivity index is 2.04. The molecule has 19 heavy (non-hydrogen) atoms. The molecule has 0 fully saturated rings. The number of hydrogen-bond donors (Lipinski definition) is 1. The van der Waals surface area contributed by atoms with Gasteiger partial charge in [0.2, 0.25) is 0 Å². The normalized spacial score (nSPS) is 10.2. The van der Waals surface area contributed by atoms with Gasteiger partial charge in [0.15, 0.2) is 0 Å². The minimum Gasteiger partial charge on any atom is -0.322 e. The number of carbonyl (C=O) groups is 1. The second-order valence-corrected chi connectivity index (χ2v) is 4.10. The molecule has 0 spiro atoms. The van der Waals surface area contributed by atoms with Crippen molar-refractivity contribution >= 4 is 6.03 Å². The lowest BCUT2D eigenvalue weighted by atomic mass is 10.3. The Kier molecular flexibility index (Phi) is 4.15. The fourth-order valence-electron chi connectivity index (χ4n) is 1.67. The van der Waals surface area contributed by atoms with Crippen molar-refractivity contribution in [3.63, 3.8) is 0 Å². The van der Waals surface area contributed by atoms with Crippen LogP contribution < -0.4 is 5.48 Å². The molecule has 1 aromatic carbocycles. The summed E-state index contributed by atoms with van der Waals surface area (Å²) in [5.74, 6) is 0. The highest BCUT2D eigenvalue weighted by atomic mass is 16.6. The molecule has 0 radical (unpaired) electrons. The van der Waals surface area contributed by atoms with Gasteiger partial charge in [-0.15, -0.1) is 0 Å². The van der Waals surface area contributed by atoms with E-state index in [0.717, 1.165) is 11.3 Å². The van der Waals surface area contributed by atoms with E-state index in [1.54, 1.807) is 17.9 Å². The van der Waals surface area contributed by atoms with E-state index in [9.17, 15) is 4.79 Å². The fourth-order valence-corrected chi connectivity index (χ4v) is 1.67. The van der Waals surface area contributed by atoms with Crippen LogP contribution in [0.15, 0.2) is 42.7 Å². The number of hydrogen-bond acceptors (Lipinski definition) is 3. The van der Waals surface area contributed by atoms with Gasteiger partial charge in [0.1, 0.15) is 0 Å². The lowest BCUT2D eigenvalue weighted by Gasteiger charge is -2.15. The highest BCUT2D eigenvalue weighted by molar-refractivity contribution is 5.72. The topological polar surface area (TPSA) is 59.4 Å². The van der Waals surface area contributed by atoms with Gasteiger partial charge in [-0.2, -0.15) is 5.10 Å². The molecule has 0 atom stereocenters. The van der Waals surface area contributed by atoms with Crippen molar-refractivity contribution < 1.29 is 9.63 Å². The number of rotatable bonds is 4. The number of nitrogens with zero attached hydrogens (tertiary/aromatic N) is 3. The second kappa shape index (κ2) is 6.01. The van der Waals surface area contributed by atoms with Crippen molar-refractivity contribution in [1.29, 1.82) is 0 Å². The van der Waals surface area contributed by atoms with Crippen LogP contribution in [0.1, 0.15) is 5.56 Å². The molecule has 6 nitrogen and oxygen atoms in total. The van der Waals surface area contributed by atoms with Gasteiger partial charge in [0, 0.05) is 18.8 Å². The summed E-state index contributed by atoms with van der Waals surface area (Å²) in [5, 5.41) is 4.27. The molecular weight excluding hydrogens is 244 g/mol. The lowest BCUT2D eigenvalue weighted by molar-refractivity contribution is 0.0900. The maximum Gasteiger partial charge on any atom is 0.341 e. The van der Waals surface area contributed by atoms with Gasteiger partial charge in [-0.05, 0) is 12.1 Å². The molecule has 1 N–H and O–H groups in total. The summed E-state index contributed by atoms with van der Waals surface area (Å²) in [7, 11) is 3.09. The van der Waals surface area contributed by atoms with Crippen LogP contribution in [0.25, 0.3) is 5.69 Å². The van der Waals surface area contributed by atoms with E-state index >= 15 is 0 Å². The number of aromatic nitrogens is 2. The molecular formula is C13H16N4O2. The van der Waals surface area contributed by atoms with Gasteiger partial charge >= 0.3 is 6.03 Å². The average Bonchev–Trinajstić information content (AvgIpc) is 2.88. The summed E-state index contributed by atoms with van der Waals surface area (Å²) in [6.07, 6.45) is 3.63. The van der Waals surface area contributed by atoms with Crippen LogP contribution in [0, 0.1) is 0 Å². The Morgan fingerprint density at radius 2 is 2.16 bits per heavy atom. The highest BCUT2D eigenvalue weighted by Gasteiger charge is 2.09. The smallest absolute Gasteiger partial charge is 0.322 e. The standard InChI is InChI=1S/C13H16N4O2/c1-16(13(18)15-19-2)9-11-8-14-17(10-11)12-6-4-3-5-7-12/h3-8,10H,9H2,1-2H3,(H,15,18). The van der Waals surface area contributed by atoms with E-state index in [-0.39, 0.29) is 6.03 Å². The first-order valence-electron chi connectivity index (χ1n) is 5.84. The number of carbonyl (C=O) groups excluding carboxylic acids is 1. The number of nitrogens with one attached hydrogen (secondary N) is 1. The Bertz CT molecular complexity index is 539. The van der Waals surface area contributed by atoms with E-state index in [0.29, 0.717) is 6.54 Å². The molecule has 0 saturated carbocycles. The zero-order valence-electron chi connectivity index (χ0n) is 10.9. The molecule has 100 valence electrons. The van der Waals surface area contributed by atoms with Crippen molar-refractivity contribution in [2.75, 3.05) is 14.2 Å². The monoisotopic (exact) mass is 260 g/mol. The summed E-state index contributed by atoms with van der Waals surface area (Å²) in [5.41, 5.74) is 4.19. The second-order valence-electron chi connectivity index (χ2n) is 4.10. The van der Waals surface area contributed by atoms with E-state index in [1.165, 1.54) is 12.0 Å². The number of urea groups is 1. The molecule has 1 aromatic heterocycles. The van der Waals surface area contributed by atoms with Gasteiger partial charge in [0.25, 0.3) is 0 Å². The fraction of sp³-hybridized carbons (Fsp3) is 0.231. The molecule has 2 aromatic rings. The number of amides is 2. The lowest BCUT2D eigenvalue weighted by Crippen LogP contribution is -2.35. The van der Waals surface area contributed by atoms with Crippen LogP contribution in [0.3, 0.4) is 0 Å². The van der Waals surface area contributed by atoms with Crippen LogP contribution >= 0.6 is 0 Å². The number of para-hydroxylation sites is 1. The molecule has 6 heteroatoms. The molecule has 0 aliphatic rings. The minimum absolute atomic E-state index is 0.296. The first-order chi connectivity index (χ1) is 9.20. The average molecular weight is 260 g/mol. The third kappa shape index (κ3) is 3.32. The van der Waals surface area contributed by atoms with Crippen LogP contribution in [-0.2, 0) is 11.4 Å². The van der Waals surface area contributed by atoms with Gasteiger partial charge in [0.05, 0.1) is 25.5 Å². The van der Waals surface area contributed by atoms with E-state index in [2.05, 4.69) is 15.4 Å². The summed E-state index contributed by atoms with van der Waals surface area (Å²) in [6.45, 7) is 0.460. The molecule has 0 aliphatic heterocycles. The van der Waals surface area contributed by atoms with Gasteiger partial charge < -0.3 is 4.90 Å². The van der Waals surface area contributed by atoms with E-state index in [1.807, 2.05) is 36.5 Å². The highest BCUT2D eigenvalue weighted by Crippen LogP contribution is 2.09. The SMILES string of the molecule is CONC(=O)N(C)Cc1cnn(-c2ccccc2)c1. The maximum absolute atomic E-state index is 11.5. The van der Waals surface area contributed by atoms with Crippen LogP contribution in [0.4, 0.5) is 4.79 Å². The van der Waals surface area contributed by atoms with Crippen LogP contribution in [0.5, 0.6) is 0 Å². The van der Waals surface area contributed by atoms with Crippen molar-refractivity contribution in [2.45, 2.75) is 6.54 Å². The molecule has 2 amide bonds. The summed E-state index contributed by atoms with van der Waals surface area (Å²) >= 11 is 0. The third-order valence-electron chi connectivity index (χ3n) is 2.61. The Labute approximate surface area is 111 Å². The molecule has 0 saturated heterocycles. The Morgan fingerprint density at radius 1 is 1.42 bits per heavy atom. The third-order valence-corrected chi connectivity index (χ3v) is 2.61. The quantitative estimate of drug-likeness (QED) is 0.849. The van der Waals surface area contributed by atoms with Crippen molar-refractivity contribution in [3.05, 3.63) is 48.3 Å². The van der Waals surface area contributed by atoms with Crippen LogP contribution in [0.2, 0.25) is 0 Å². The summed E-state index contributed by atoms with van der Waals surface area (Å²) in [4.78, 5) is 17.6. The van der Waals surface area contributed by atoms with Crippen molar-refractivity contribution in [3.8, 4) is 5.69 Å². The first kappa shape index (κ1) is 13.1. The molecule has 2 rings (SSSR count). The zero-order chi connectivity index (χ0) is 13.7. The van der Waals surface area contributed by atoms with Crippen molar-refractivity contribution in [2.24, 2.45) is 0 Å². The predicted octanol–water partition coefficient (Wildman–Crippen LogP) is 1.58. The zero-order valence-corrected chi connectivity index (χ0v) is 10.9. The maximum atomic E-state index is 11.5. The first-order valence-corrected chi connectivity index (χ1v) is 5.84. The van der Waals surface area contributed by atoms with Crippen LogP contribution in [-0.4, -0.2) is 34.9 Å². The van der Waals surface area contributed by atoms with Crippen molar-refractivity contribution in [1.82, 2.24) is 20.2 Å². The minimum atomic E-state index is -0.296. The van der Waals surface area contributed by atoms with E-state index < -0.39 is 0 Å². The predicted molar refractivity (Wildman–Crippen MR) is 70.6 cm³/mol. The van der Waals surface area contributed by atoms with Gasteiger partial charge in [-0.25, -0.2) is 15.0 Å². The molecule has 0 aliphatic carbocycles. The Morgan fingerprint density at radius 3 is 2.84 bits per heavy atom. The molecule has 0 bridgehead atoms. The largest absolute Gasteiger partial charge is 0.341 e. The number of hydroxylamine groups is 1. The summed E-state index contributed by atoms with van der Waals surface area (Å²) in [6, 6.07) is 9.51. The van der Waals surface area contributed by atoms with Gasteiger partial charge in [-0.1, -0.05) is 18.2 Å².